The van der Waals surface area contributed by atoms with E-state index in [-0.39, 0.29) is 27.1 Å². The summed E-state index contributed by atoms with van der Waals surface area (Å²) < 4.78 is 37.2. The minimum absolute atomic E-state index is 0.00371. The number of carbonyl (C=O) groups is 2. The smallest absolute Gasteiger partial charge is 0.326 e. The van der Waals surface area contributed by atoms with Crippen molar-refractivity contribution in [3.63, 3.8) is 0 Å². The van der Waals surface area contributed by atoms with Gasteiger partial charge in [-0.3, -0.25) is 10.1 Å². The standard InChI is InChI=1S/C16H12Cl2F2N2O4/c1-25-13-7(17)6-8(18)14(26-2)11(13)15(23)22-16(24)21-12-9(19)4-3-5-10(12)20/h3-6H,1-2H3,(H2,21,22,23,24). The molecule has 0 spiro atoms. The molecule has 0 heterocycles. The lowest BCUT2D eigenvalue weighted by Crippen LogP contribution is -2.35. The number of nitrogens with one attached hydrogen (secondary N) is 2. The van der Waals surface area contributed by atoms with E-state index in [1.165, 1.54) is 20.3 Å². The van der Waals surface area contributed by atoms with Crippen LogP contribution in [-0.2, 0) is 0 Å². The van der Waals surface area contributed by atoms with Gasteiger partial charge in [-0.15, -0.1) is 0 Å². The van der Waals surface area contributed by atoms with Crippen molar-refractivity contribution >= 4 is 40.8 Å². The second kappa shape index (κ2) is 8.20. The zero-order valence-corrected chi connectivity index (χ0v) is 15.0. The van der Waals surface area contributed by atoms with Crippen molar-refractivity contribution in [3.05, 3.63) is 51.5 Å². The lowest BCUT2D eigenvalue weighted by molar-refractivity contribution is 0.0961. The molecule has 10 heteroatoms. The van der Waals surface area contributed by atoms with Gasteiger partial charge in [0.15, 0.2) is 11.5 Å². The van der Waals surface area contributed by atoms with Crippen molar-refractivity contribution in [3.8, 4) is 11.5 Å². The lowest BCUT2D eigenvalue weighted by atomic mass is 10.1. The molecule has 0 saturated heterocycles. The number of ether oxygens (including phenoxy) is 2. The molecule has 6 nitrogen and oxygen atoms in total. The predicted molar refractivity (Wildman–Crippen MR) is 92.4 cm³/mol. The van der Waals surface area contributed by atoms with E-state index in [1.54, 1.807) is 0 Å². The second-order valence-electron chi connectivity index (χ2n) is 4.79. The second-order valence-corrected chi connectivity index (χ2v) is 5.60. The summed E-state index contributed by atoms with van der Waals surface area (Å²) >= 11 is 11.9. The molecular formula is C16H12Cl2F2N2O4. The number of para-hydroxylation sites is 1. The van der Waals surface area contributed by atoms with Crippen molar-refractivity contribution in [1.82, 2.24) is 5.32 Å². The monoisotopic (exact) mass is 404 g/mol. The molecule has 0 saturated carbocycles. The van der Waals surface area contributed by atoms with Gasteiger partial charge in [0, 0.05) is 0 Å². The van der Waals surface area contributed by atoms with E-state index in [0.29, 0.717) is 0 Å². The predicted octanol–water partition coefficient (Wildman–Crippen LogP) is 4.25. The summed E-state index contributed by atoms with van der Waals surface area (Å²) in [5.41, 5.74) is -0.961. The number of methoxy groups -OCH3 is 2. The molecule has 0 fully saturated rings. The third kappa shape index (κ3) is 3.97. The highest BCUT2D eigenvalue weighted by atomic mass is 35.5. The number of carbonyl (C=O) groups excluding carboxylic acids is 2. The summed E-state index contributed by atoms with van der Waals surface area (Å²) in [5.74, 6) is -3.19. The summed E-state index contributed by atoms with van der Waals surface area (Å²) in [6, 6.07) is 3.14. The van der Waals surface area contributed by atoms with Gasteiger partial charge in [0.2, 0.25) is 0 Å². The Balaban J connectivity index is 2.31. The Kier molecular flexibility index (Phi) is 6.23. The first-order valence-corrected chi connectivity index (χ1v) is 7.72. The zero-order chi connectivity index (χ0) is 19.4. The molecule has 0 aliphatic heterocycles. The average Bonchev–Trinajstić information content (AvgIpc) is 2.57. The number of rotatable bonds is 4. The summed E-state index contributed by atoms with van der Waals surface area (Å²) in [6.07, 6.45) is 0. The fraction of sp³-hybridized carbons (Fsp3) is 0.125. The van der Waals surface area contributed by atoms with E-state index >= 15 is 0 Å². The summed E-state index contributed by atoms with van der Waals surface area (Å²) in [5, 5.41) is 3.83. The van der Waals surface area contributed by atoms with Crippen LogP contribution >= 0.6 is 23.2 Å². The molecule has 138 valence electrons. The number of amides is 3. The Morgan fingerprint density at radius 3 is 1.96 bits per heavy atom. The van der Waals surface area contributed by atoms with E-state index in [4.69, 9.17) is 32.7 Å². The lowest BCUT2D eigenvalue weighted by Gasteiger charge is -2.15. The molecule has 0 atom stereocenters. The maximum Gasteiger partial charge on any atom is 0.326 e. The zero-order valence-electron chi connectivity index (χ0n) is 13.5. The van der Waals surface area contributed by atoms with Crippen LogP contribution in [0.1, 0.15) is 10.4 Å². The Hall–Kier alpha value is -2.58. The van der Waals surface area contributed by atoms with Gasteiger partial charge >= 0.3 is 6.03 Å². The molecule has 0 radical (unpaired) electrons. The Morgan fingerprint density at radius 2 is 1.50 bits per heavy atom. The van der Waals surface area contributed by atoms with Crippen LogP contribution in [0, 0.1) is 11.6 Å². The van der Waals surface area contributed by atoms with Crippen molar-refractivity contribution in [2.24, 2.45) is 0 Å². The maximum absolute atomic E-state index is 13.6. The van der Waals surface area contributed by atoms with E-state index in [9.17, 15) is 18.4 Å². The first-order chi connectivity index (χ1) is 12.3. The van der Waals surface area contributed by atoms with Gasteiger partial charge in [-0.05, 0) is 18.2 Å². The van der Waals surface area contributed by atoms with E-state index < -0.39 is 29.3 Å². The van der Waals surface area contributed by atoms with Crippen LogP contribution in [0.2, 0.25) is 10.0 Å². The van der Waals surface area contributed by atoms with Crippen molar-refractivity contribution in [2.75, 3.05) is 19.5 Å². The molecular weight excluding hydrogens is 393 g/mol. The molecule has 2 aromatic carbocycles. The number of urea groups is 1. The third-order valence-corrected chi connectivity index (χ3v) is 3.77. The molecule has 2 aromatic rings. The highest BCUT2D eigenvalue weighted by Crippen LogP contribution is 2.40. The summed E-state index contributed by atoms with van der Waals surface area (Å²) in [4.78, 5) is 24.4. The van der Waals surface area contributed by atoms with E-state index in [1.807, 2.05) is 10.6 Å². The van der Waals surface area contributed by atoms with Crippen LogP contribution in [0.5, 0.6) is 11.5 Å². The summed E-state index contributed by atoms with van der Waals surface area (Å²) in [7, 11) is 2.50. The molecule has 0 aliphatic rings. The largest absolute Gasteiger partial charge is 0.494 e. The maximum atomic E-state index is 13.6. The van der Waals surface area contributed by atoms with E-state index in [2.05, 4.69) is 0 Å². The van der Waals surface area contributed by atoms with Gasteiger partial charge in [0.05, 0.1) is 24.3 Å². The number of benzene rings is 2. The van der Waals surface area contributed by atoms with Crippen molar-refractivity contribution in [1.29, 1.82) is 0 Å². The molecule has 0 bridgehead atoms. The van der Waals surface area contributed by atoms with Crippen LogP contribution in [0.4, 0.5) is 19.3 Å². The van der Waals surface area contributed by atoms with Gasteiger partial charge in [0.1, 0.15) is 22.9 Å². The van der Waals surface area contributed by atoms with E-state index in [0.717, 1.165) is 18.2 Å². The van der Waals surface area contributed by atoms with Crippen molar-refractivity contribution in [2.45, 2.75) is 0 Å². The number of imide groups is 1. The highest BCUT2D eigenvalue weighted by Gasteiger charge is 2.26. The highest BCUT2D eigenvalue weighted by molar-refractivity contribution is 6.37. The number of hydrogen-bond acceptors (Lipinski definition) is 4. The van der Waals surface area contributed by atoms with Gasteiger partial charge < -0.3 is 14.8 Å². The molecule has 0 aliphatic carbocycles. The van der Waals surface area contributed by atoms with Crippen LogP contribution < -0.4 is 20.1 Å². The van der Waals surface area contributed by atoms with Crippen molar-refractivity contribution < 1.29 is 27.8 Å². The SMILES string of the molecule is COc1c(Cl)cc(Cl)c(OC)c1C(=O)NC(=O)Nc1c(F)cccc1F. The Bertz CT molecular complexity index is 829. The Labute approximate surface area is 157 Å². The van der Waals surface area contributed by atoms with Gasteiger partial charge in [0.25, 0.3) is 5.91 Å². The minimum atomic E-state index is -1.18. The number of anilines is 1. The average molecular weight is 405 g/mol. The first kappa shape index (κ1) is 19.7. The molecule has 3 amide bonds. The van der Waals surface area contributed by atoms with Crippen LogP contribution in [0.3, 0.4) is 0 Å². The van der Waals surface area contributed by atoms with Gasteiger partial charge in [-0.2, -0.15) is 0 Å². The first-order valence-electron chi connectivity index (χ1n) is 6.96. The quantitative estimate of drug-likeness (QED) is 0.798. The van der Waals surface area contributed by atoms with Crippen LogP contribution in [-0.4, -0.2) is 26.2 Å². The van der Waals surface area contributed by atoms with Gasteiger partial charge in [-0.1, -0.05) is 29.3 Å². The molecule has 0 unspecified atom stereocenters. The number of halogens is 4. The normalized spacial score (nSPS) is 10.2. The van der Waals surface area contributed by atoms with Gasteiger partial charge in [-0.25, -0.2) is 13.6 Å². The molecule has 2 N–H and O–H groups in total. The minimum Gasteiger partial charge on any atom is -0.494 e. The molecule has 26 heavy (non-hydrogen) atoms. The van der Waals surface area contributed by atoms with Crippen LogP contribution in [0.15, 0.2) is 24.3 Å². The third-order valence-electron chi connectivity index (χ3n) is 3.21. The molecule has 2 rings (SSSR count). The topological polar surface area (TPSA) is 76.7 Å². The summed E-state index contributed by atoms with van der Waals surface area (Å²) in [6.45, 7) is 0. The Morgan fingerprint density at radius 1 is 1.00 bits per heavy atom. The fourth-order valence-corrected chi connectivity index (χ4v) is 2.73. The molecule has 0 aromatic heterocycles. The fourth-order valence-electron chi connectivity index (χ4n) is 2.12. The van der Waals surface area contributed by atoms with Crippen LogP contribution in [0.25, 0.3) is 0 Å². The number of hydrogen-bond donors (Lipinski definition) is 2.